The van der Waals surface area contributed by atoms with E-state index in [-0.39, 0.29) is 6.10 Å². The van der Waals surface area contributed by atoms with E-state index in [2.05, 4.69) is 26.8 Å². The molecule has 0 amide bonds. The maximum atomic E-state index is 10.0. The summed E-state index contributed by atoms with van der Waals surface area (Å²) in [6.45, 7) is 6.62. The van der Waals surface area contributed by atoms with Gasteiger partial charge in [-0.2, -0.15) is 0 Å². The van der Waals surface area contributed by atoms with Crippen LogP contribution in [0.25, 0.3) is 0 Å². The summed E-state index contributed by atoms with van der Waals surface area (Å²) in [5.74, 6) is 1.07. The summed E-state index contributed by atoms with van der Waals surface area (Å²) in [5.41, 5.74) is 1.50. The van der Waals surface area contributed by atoms with Gasteiger partial charge in [0.25, 0.3) is 0 Å². The van der Waals surface area contributed by atoms with E-state index in [0.717, 1.165) is 12.8 Å². The Kier molecular flexibility index (Phi) is 4.67. The molecule has 14 heavy (non-hydrogen) atoms. The van der Waals surface area contributed by atoms with Gasteiger partial charge in [-0.15, -0.1) is 0 Å². The zero-order chi connectivity index (χ0) is 10.6. The van der Waals surface area contributed by atoms with E-state index in [4.69, 9.17) is 0 Å². The molecule has 0 saturated heterocycles. The summed E-state index contributed by atoms with van der Waals surface area (Å²) in [4.78, 5) is 0. The van der Waals surface area contributed by atoms with E-state index in [1.807, 2.05) is 0 Å². The van der Waals surface area contributed by atoms with Crippen molar-refractivity contribution < 1.29 is 5.11 Å². The topological polar surface area (TPSA) is 20.2 Å². The molecule has 0 radical (unpaired) electrons. The van der Waals surface area contributed by atoms with Gasteiger partial charge in [-0.05, 0) is 38.0 Å². The second kappa shape index (κ2) is 5.55. The minimum Gasteiger partial charge on any atom is -0.393 e. The molecule has 0 aromatic rings. The van der Waals surface area contributed by atoms with Crippen LogP contribution in [0.3, 0.4) is 0 Å². The lowest BCUT2D eigenvalue weighted by molar-refractivity contribution is 0.0697. The Morgan fingerprint density at radius 2 is 2.29 bits per heavy atom. The molecule has 0 saturated carbocycles. The molecule has 0 aromatic heterocycles. The average Bonchev–Trinajstić information content (AvgIpc) is 2.14. The molecule has 1 nitrogen and oxygen atoms in total. The zero-order valence-electron chi connectivity index (χ0n) is 9.79. The molecule has 0 aromatic carbocycles. The average molecular weight is 196 g/mol. The zero-order valence-corrected chi connectivity index (χ0v) is 9.79. The predicted molar refractivity (Wildman–Crippen MR) is 61.2 cm³/mol. The maximum Gasteiger partial charge on any atom is 0.0574 e. The summed E-state index contributed by atoms with van der Waals surface area (Å²) in [6, 6.07) is 0. The van der Waals surface area contributed by atoms with Crippen molar-refractivity contribution in [1.29, 1.82) is 0 Å². The highest BCUT2D eigenvalue weighted by Gasteiger charge is 2.26. The maximum absolute atomic E-state index is 10.0. The SMILES string of the molecule is CCCC[C@@H](O)[C@@H]1CCC(C)=C[C@H]1C. The molecule has 0 bridgehead atoms. The van der Waals surface area contributed by atoms with Gasteiger partial charge in [0, 0.05) is 0 Å². The first kappa shape index (κ1) is 11.8. The molecule has 0 aliphatic heterocycles. The number of hydrogen-bond donors (Lipinski definition) is 1. The van der Waals surface area contributed by atoms with Crippen LogP contribution >= 0.6 is 0 Å². The van der Waals surface area contributed by atoms with E-state index in [1.165, 1.54) is 24.8 Å². The first-order valence-electron chi connectivity index (χ1n) is 6.00. The fourth-order valence-electron chi connectivity index (χ4n) is 2.48. The van der Waals surface area contributed by atoms with Gasteiger partial charge < -0.3 is 5.11 Å². The second-order valence-electron chi connectivity index (χ2n) is 4.78. The molecule has 82 valence electrons. The van der Waals surface area contributed by atoms with Gasteiger partial charge in [-0.1, -0.05) is 38.3 Å². The lowest BCUT2D eigenvalue weighted by atomic mass is 9.78. The Bertz CT molecular complexity index is 195. The molecular weight excluding hydrogens is 172 g/mol. The van der Waals surface area contributed by atoms with Crippen LogP contribution in [0.15, 0.2) is 11.6 Å². The van der Waals surface area contributed by atoms with E-state index in [9.17, 15) is 5.11 Å². The molecule has 0 heterocycles. The van der Waals surface area contributed by atoms with Crippen molar-refractivity contribution in [3.8, 4) is 0 Å². The minimum atomic E-state index is -0.0747. The Hall–Kier alpha value is -0.300. The quantitative estimate of drug-likeness (QED) is 0.682. The van der Waals surface area contributed by atoms with E-state index < -0.39 is 0 Å². The first-order valence-corrected chi connectivity index (χ1v) is 6.00. The molecule has 1 N–H and O–H groups in total. The lowest BCUT2D eigenvalue weighted by Crippen LogP contribution is -2.28. The third-order valence-electron chi connectivity index (χ3n) is 3.44. The molecular formula is C13H24O. The standard InChI is InChI=1S/C13H24O/c1-4-5-6-13(14)12-8-7-10(2)9-11(12)3/h9,11-14H,4-8H2,1-3H3/t11-,12-,13-/m1/s1. The van der Waals surface area contributed by atoms with Gasteiger partial charge in [0.15, 0.2) is 0 Å². The third-order valence-corrected chi connectivity index (χ3v) is 3.44. The van der Waals surface area contributed by atoms with E-state index in [0.29, 0.717) is 11.8 Å². The van der Waals surface area contributed by atoms with Crippen LogP contribution in [-0.4, -0.2) is 11.2 Å². The Morgan fingerprint density at radius 3 is 2.86 bits per heavy atom. The second-order valence-corrected chi connectivity index (χ2v) is 4.78. The van der Waals surface area contributed by atoms with Crippen molar-refractivity contribution in [2.45, 2.75) is 59.0 Å². The van der Waals surface area contributed by atoms with Crippen LogP contribution in [0, 0.1) is 11.8 Å². The molecule has 1 aliphatic carbocycles. The highest BCUT2D eigenvalue weighted by molar-refractivity contribution is 5.07. The van der Waals surface area contributed by atoms with E-state index in [1.54, 1.807) is 0 Å². The predicted octanol–water partition coefficient (Wildman–Crippen LogP) is 3.53. The number of rotatable bonds is 4. The Labute approximate surface area is 88.2 Å². The molecule has 1 heteroatoms. The number of aliphatic hydroxyl groups is 1. The number of hydrogen-bond acceptors (Lipinski definition) is 1. The smallest absolute Gasteiger partial charge is 0.0574 e. The van der Waals surface area contributed by atoms with Crippen molar-refractivity contribution >= 4 is 0 Å². The molecule has 1 rings (SSSR count). The molecule has 1 aliphatic rings. The van der Waals surface area contributed by atoms with Gasteiger partial charge in [0.1, 0.15) is 0 Å². The van der Waals surface area contributed by atoms with E-state index >= 15 is 0 Å². The van der Waals surface area contributed by atoms with Gasteiger partial charge in [0.05, 0.1) is 6.10 Å². The van der Waals surface area contributed by atoms with Crippen LogP contribution in [0.1, 0.15) is 52.9 Å². The van der Waals surface area contributed by atoms with Crippen molar-refractivity contribution in [3.05, 3.63) is 11.6 Å². The van der Waals surface area contributed by atoms with Gasteiger partial charge >= 0.3 is 0 Å². The molecule has 3 atom stereocenters. The number of unbranched alkanes of at least 4 members (excludes halogenated alkanes) is 1. The summed E-state index contributed by atoms with van der Waals surface area (Å²) >= 11 is 0. The van der Waals surface area contributed by atoms with Crippen LogP contribution in [0.2, 0.25) is 0 Å². The fourth-order valence-corrected chi connectivity index (χ4v) is 2.48. The van der Waals surface area contributed by atoms with Crippen LogP contribution in [-0.2, 0) is 0 Å². The Morgan fingerprint density at radius 1 is 1.57 bits per heavy atom. The number of aliphatic hydroxyl groups excluding tert-OH is 1. The summed E-state index contributed by atoms with van der Waals surface area (Å²) in [6.07, 6.45) is 7.95. The largest absolute Gasteiger partial charge is 0.393 e. The van der Waals surface area contributed by atoms with Gasteiger partial charge in [0.2, 0.25) is 0 Å². The molecule has 0 fully saturated rings. The van der Waals surface area contributed by atoms with Crippen LogP contribution in [0.5, 0.6) is 0 Å². The summed E-state index contributed by atoms with van der Waals surface area (Å²) in [5, 5.41) is 10.0. The summed E-state index contributed by atoms with van der Waals surface area (Å²) in [7, 11) is 0. The highest BCUT2D eigenvalue weighted by atomic mass is 16.3. The third kappa shape index (κ3) is 3.13. The highest BCUT2D eigenvalue weighted by Crippen LogP contribution is 2.32. The Balaban J connectivity index is 2.44. The monoisotopic (exact) mass is 196 g/mol. The molecule has 0 spiro atoms. The van der Waals surface area contributed by atoms with Crippen molar-refractivity contribution in [1.82, 2.24) is 0 Å². The van der Waals surface area contributed by atoms with Crippen molar-refractivity contribution in [3.63, 3.8) is 0 Å². The van der Waals surface area contributed by atoms with Crippen molar-refractivity contribution in [2.75, 3.05) is 0 Å². The summed E-state index contributed by atoms with van der Waals surface area (Å²) < 4.78 is 0. The molecule has 0 unspecified atom stereocenters. The fraction of sp³-hybridized carbons (Fsp3) is 0.846. The van der Waals surface area contributed by atoms with Gasteiger partial charge in [-0.25, -0.2) is 0 Å². The van der Waals surface area contributed by atoms with Crippen LogP contribution < -0.4 is 0 Å². The first-order chi connectivity index (χ1) is 6.65. The van der Waals surface area contributed by atoms with Crippen molar-refractivity contribution in [2.24, 2.45) is 11.8 Å². The minimum absolute atomic E-state index is 0.0747. The lowest BCUT2D eigenvalue weighted by Gasteiger charge is -2.31. The van der Waals surface area contributed by atoms with Crippen LogP contribution in [0.4, 0.5) is 0 Å². The van der Waals surface area contributed by atoms with Gasteiger partial charge in [-0.3, -0.25) is 0 Å². The normalized spacial score (nSPS) is 29.9. The number of allylic oxidation sites excluding steroid dienone is 2.